The highest BCUT2D eigenvalue weighted by Crippen LogP contribution is 2.21. The summed E-state index contributed by atoms with van der Waals surface area (Å²) in [5.74, 6) is 1.08. The van der Waals surface area contributed by atoms with Crippen LogP contribution in [0.2, 0.25) is 0 Å². The molecule has 1 aliphatic carbocycles. The van der Waals surface area contributed by atoms with E-state index in [1.807, 2.05) is 6.20 Å². The monoisotopic (exact) mass is 291 g/mol. The molecule has 0 aromatic carbocycles. The molecule has 1 aromatic heterocycles. The van der Waals surface area contributed by atoms with Gasteiger partial charge in [0.15, 0.2) is 0 Å². The quantitative estimate of drug-likeness (QED) is 0.719. The zero-order valence-electron chi connectivity index (χ0n) is 13.6. The molecule has 0 spiro atoms. The van der Waals surface area contributed by atoms with Gasteiger partial charge in [-0.05, 0) is 43.4 Å². The SMILES string of the molecule is CCC(CC)N(CCOC)c1cc(CNC2CC2)ccn1. The molecule has 21 heavy (non-hydrogen) atoms. The Bertz CT molecular complexity index is 416. The minimum absolute atomic E-state index is 0.527. The van der Waals surface area contributed by atoms with E-state index in [0.29, 0.717) is 6.04 Å². The molecule has 1 N–H and O–H groups in total. The number of nitrogens with one attached hydrogen (secondary N) is 1. The third-order valence-electron chi connectivity index (χ3n) is 4.20. The van der Waals surface area contributed by atoms with Crippen molar-refractivity contribution in [2.45, 2.75) is 58.2 Å². The molecular formula is C17H29N3O. The maximum atomic E-state index is 5.27. The fraction of sp³-hybridized carbons (Fsp3) is 0.706. The number of rotatable bonds is 10. The molecule has 1 saturated carbocycles. The van der Waals surface area contributed by atoms with E-state index in [4.69, 9.17) is 4.74 Å². The van der Waals surface area contributed by atoms with Crippen molar-refractivity contribution in [2.75, 3.05) is 25.2 Å². The third kappa shape index (κ3) is 4.97. The summed E-state index contributed by atoms with van der Waals surface area (Å²) < 4.78 is 5.27. The van der Waals surface area contributed by atoms with Crippen LogP contribution < -0.4 is 10.2 Å². The first-order valence-electron chi connectivity index (χ1n) is 8.22. The van der Waals surface area contributed by atoms with Crippen molar-refractivity contribution in [3.63, 3.8) is 0 Å². The topological polar surface area (TPSA) is 37.4 Å². The van der Waals surface area contributed by atoms with Gasteiger partial charge in [-0.25, -0.2) is 4.98 Å². The van der Waals surface area contributed by atoms with Crippen LogP contribution in [0.15, 0.2) is 18.3 Å². The molecule has 0 atom stereocenters. The van der Waals surface area contributed by atoms with Gasteiger partial charge in [0, 0.05) is 38.5 Å². The molecule has 4 heteroatoms. The largest absolute Gasteiger partial charge is 0.383 e. The second kappa shape index (κ2) is 8.35. The maximum Gasteiger partial charge on any atom is 0.129 e. The van der Waals surface area contributed by atoms with Crippen LogP contribution in [0.25, 0.3) is 0 Å². The molecule has 0 radical (unpaired) electrons. The highest BCUT2D eigenvalue weighted by molar-refractivity contribution is 5.42. The van der Waals surface area contributed by atoms with Crippen molar-refractivity contribution < 1.29 is 4.74 Å². The average molecular weight is 291 g/mol. The van der Waals surface area contributed by atoms with Gasteiger partial charge in [-0.3, -0.25) is 0 Å². The Morgan fingerprint density at radius 1 is 1.38 bits per heavy atom. The van der Waals surface area contributed by atoms with Crippen LogP contribution in [0.3, 0.4) is 0 Å². The molecule has 0 saturated heterocycles. The van der Waals surface area contributed by atoms with Gasteiger partial charge in [0.25, 0.3) is 0 Å². The third-order valence-corrected chi connectivity index (χ3v) is 4.20. The summed E-state index contributed by atoms with van der Waals surface area (Å²) in [4.78, 5) is 6.99. The molecule has 1 fully saturated rings. The zero-order valence-corrected chi connectivity index (χ0v) is 13.6. The Hall–Kier alpha value is -1.13. The van der Waals surface area contributed by atoms with Gasteiger partial charge < -0.3 is 15.0 Å². The van der Waals surface area contributed by atoms with Crippen LogP contribution in [0.4, 0.5) is 5.82 Å². The van der Waals surface area contributed by atoms with Crippen molar-refractivity contribution in [3.05, 3.63) is 23.9 Å². The normalized spacial score (nSPS) is 14.7. The fourth-order valence-electron chi connectivity index (χ4n) is 2.68. The molecule has 0 bridgehead atoms. The van der Waals surface area contributed by atoms with Crippen molar-refractivity contribution in [3.8, 4) is 0 Å². The predicted octanol–water partition coefficient (Wildman–Crippen LogP) is 2.98. The van der Waals surface area contributed by atoms with Crippen molar-refractivity contribution in [1.82, 2.24) is 10.3 Å². The second-order valence-corrected chi connectivity index (χ2v) is 5.83. The molecular weight excluding hydrogens is 262 g/mol. The minimum atomic E-state index is 0.527. The molecule has 4 nitrogen and oxygen atoms in total. The summed E-state index contributed by atoms with van der Waals surface area (Å²) in [5.41, 5.74) is 1.32. The Kier molecular flexibility index (Phi) is 6.46. The van der Waals surface area contributed by atoms with Crippen LogP contribution >= 0.6 is 0 Å². The fourth-order valence-corrected chi connectivity index (χ4v) is 2.68. The molecule has 1 aromatic rings. The van der Waals surface area contributed by atoms with Crippen LogP contribution in [0.1, 0.15) is 45.1 Å². The van der Waals surface area contributed by atoms with Crippen LogP contribution in [0, 0.1) is 0 Å². The average Bonchev–Trinajstić information content (AvgIpc) is 3.34. The van der Waals surface area contributed by atoms with E-state index in [0.717, 1.165) is 44.4 Å². The lowest BCUT2D eigenvalue weighted by atomic mass is 10.1. The standard InChI is InChI=1S/C17H29N3O/c1-4-16(5-2)20(10-11-21-3)17-12-14(8-9-18-17)13-19-15-6-7-15/h8-9,12,15-16,19H,4-7,10-11,13H2,1-3H3. The smallest absolute Gasteiger partial charge is 0.129 e. The Balaban J connectivity index is 2.07. The molecule has 1 heterocycles. The highest BCUT2D eigenvalue weighted by atomic mass is 16.5. The number of nitrogens with zero attached hydrogens (tertiary/aromatic N) is 2. The number of aromatic nitrogens is 1. The Morgan fingerprint density at radius 2 is 2.14 bits per heavy atom. The van der Waals surface area contributed by atoms with Crippen LogP contribution in [0.5, 0.6) is 0 Å². The van der Waals surface area contributed by atoms with Gasteiger partial charge in [-0.2, -0.15) is 0 Å². The predicted molar refractivity (Wildman–Crippen MR) is 87.7 cm³/mol. The van der Waals surface area contributed by atoms with Crippen molar-refractivity contribution >= 4 is 5.82 Å². The van der Waals surface area contributed by atoms with E-state index < -0.39 is 0 Å². The summed E-state index contributed by atoms with van der Waals surface area (Å²) in [5, 5.41) is 3.57. The molecule has 2 rings (SSSR count). The maximum absolute atomic E-state index is 5.27. The second-order valence-electron chi connectivity index (χ2n) is 5.83. The van der Waals surface area contributed by atoms with Gasteiger partial charge in [-0.15, -0.1) is 0 Å². The molecule has 0 amide bonds. The zero-order chi connectivity index (χ0) is 15.1. The van der Waals surface area contributed by atoms with E-state index in [-0.39, 0.29) is 0 Å². The van der Waals surface area contributed by atoms with Gasteiger partial charge in [-0.1, -0.05) is 13.8 Å². The number of ether oxygens (including phenoxy) is 1. The van der Waals surface area contributed by atoms with Crippen molar-refractivity contribution in [2.24, 2.45) is 0 Å². The first-order valence-corrected chi connectivity index (χ1v) is 8.22. The summed E-state index contributed by atoms with van der Waals surface area (Å²) in [6.07, 6.45) is 6.84. The van der Waals surface area contributed by atoms with Gasteiger partial charge in [0.05, 0.1) is 6.61 Å². The van der Waals surface area contributed by atoms with E-state index in [1.54, 1.807) is 7.11 Å². The van der Waals surface area contributed by atoms with E-state index in [2.05, 4.69) is 41.2 Å². The first kappa shape index (κ1) is 16.2. The molecule has 118 valence electrons. The summed E-state index contributed by atoms with van der Waals surface area (Å²) in [6.45, 7) is 7.07. The Morgan fingerprint density at radius 3 is 2.76 bits per heavy atom. The van der Waals surface area contributed by atoms with Gasteiger partial charge in [0.1, 0.15) is 5.82 Å². The minimum Gasteiger partial charge on any atom is -0.383 e. The highest BCUT2D eigenvalue weighted by Gasteiger charge is 2.20. The lowest BCUT2D eigenvalue weighted by Crippen LogP contribution is -2.37. The van der Waals surface area contributed by atoms with E-state index >= 15 is 0 Å². The summed E-state index contributed by atoms with van der Waals surface area (Å²) >= 11 is 0. The Labute approximate surface area is 128 Å². The number of anilines is 1. The number of hydrogen-bond acceptors (Lipinski definition) is 4. The lowest BCUT2D eigenvalue weighted by Gasteiger charge is -2.31. The van der Waals surface area contributed by atoms with Crippen molar-refractivity contribution in [1.29, 1.82) is 0 Å². The van der Waals surface area contributed by atoms with E-state index in [9.17, 15) is 0 Å². The van der Waals surface area contributed by atoms with E-state index in [1.165, 1.54) is 18.4 Å². The molecule has 1 aliphatic rings. The van der Waals surface area contributed by atoms with Crippen LogP contribution in [-0.2, 0) is 11.3 Å². The molecule has 0 aliphatic heterocycles. The van der Waals surface area contributed by atoms with Gasteiger partial charge in [0.2, 0.25) is 0 Å². The van der Waals surface area contributed by atoms with Gasteiger partial charge >= 0.3 is 0 Å². The lowest BCUT2D eigenvalue weighted by molar-refractivity contribution is 0.202. The number of hydrogen-bond donors (Lipinski definition) is 1. The first-order chi connectivity index (χ1) is 10.3. The summed E-state index contributed by atoms with van der Waals surface area (Å²) in [7, 11) is 1.76. The number of pyridine rings is 1. The van der Waals surface area contributed by atoms with Crippen LogP contribution in [-0.4, -0.2) is 37.3 Å². The number of methoxy groups -OCH3 is 1. The molecule has 0 unspecified atom stereocenters. The summed E-state index contributed by atoms with van der Waals surface area (Å²) in [6, 6.07) is 5.61.